The highest BCUT2D eigenvalue weighted by Crippen LogP contribution is 2.52. The molecule has 5 rings (SSSR count). The van der Waals surface area contributed by atoms with Crippen LogP contribution in [0.2, 0.25) is 0 Å². The van der Waals surface area contributed by atoms with E-state index in [0.717, 1.165) is 25.8 Å². The zero-order chi connectivity index (χ0) is 21.8. The SMILES string of the molecule is CC[C@@]1(C(=O)NCc2ncn[nH]2)C[C@@H]2CC[C@H]1N2Cc1cccc2[nH]ccc12.O=CO. The van der Waals surface area contributed by atoms with Gasteiger partial charge in [-0.2, -0.15) is 5.10 Å². The number of fused-ring (bicyclic) bond motifs is 3. The van der Waals surface area contributed by atoms with Gasteiger partial charge in [-0.1, -0.05) is 19.1 Å². The summed E-state index contributed by atoms with van der Waals surface area (Å²) in [6.45, 7) is 3.21. The Labute approximate surface area is 180 Å². The number of carbonyl (C=O) groups is 2. The van der Waals surface area contributed by atoms with Gasteiger partial charge in [-0.15, -0.1) is 0 Å². The molecule has 2 aliphatic rings. The Morgan fingerprint density at radius 2 is 2.23 bits per heavy atom. The fourth-order valence-corrected chi connectivity index (χ4v) is 5.47. The third-order valence-electron chi connectivity index (χ3n) is 6.88. The number of carboxylic acid groups (broad SMARTS) is 1. The number of rotatable bonds is 6. The van der Waals surface area contributed by atoms with Gasteiger partial charge < -0.3 is 15.4 Å². The molecule has 0 spiro atoms. The minimum Gasteiger partial charge on any atom is -0.483 e. The van der Waals surface area contributed by atoms with Crippen molar-refractivity contribution in [3.63, 3.8) is 0 Å². The molecule has 0 aliphatic carbocycles. The van der Waals surface area contributed by atoms with Crippen LogP contribution >= 0.6 is 0 Å². The van der Waals surface area contributed by atoms with E-state index in [4.69, 9.17) is 9.90 Å². The topological polar surface area (TPSA) is 127 Å². The van der Waals surface area contributed by atoms with Crippen LogP contribution in [0.1, 0.15) is 44.0 Å². The van der Waals surface area contributed by atoms with Gasteiger partial charge in [0.15, 0.2) is 0 Å². The van der Waals surface area contributed by atoms with Gasteiger partial charge >= 0.3 is 0 Å². The van der Waals surface area contributed by atoms with E-state index in [1.54, 1.807) is 0 Å². The van der Waals surface area contributed by atoms with Crippen LogP contribution < -0.4 is 5.32 Å². The minimum atomic E-state index is -0.311. The number of aromatic amines is 2. The summed E-state index contributed by atoms with van der Waals surface area (Å²) in [5.74, 6) is 0.849. The fraction of sp³-hybridized carbons (Fsp3) is 0.455. The van der Waals surface area contributed by atoms with Crippen LogP contribution in [0.4, 0.5) is 0 Å². The highest BCUT2D eigenvalue weighted by atomic mass is 16.3. The van der Waals surface area contributed by atoms with Gasteiger partial charge in [0.25, 0.3) is 6.47 Å². The second-order valence-corrected chi connectivity index (χ2v) is 8.21. The van der Waals surface area contributed by atoms with E-state index in [1.807, 2.05) is 6.20 Å². The lowest BCUT2D eigenvalue weighted by atomic mass is 9.71. The molecule has 0 saturated carbocycles. The van der Waals surface area contributed by atoms with Crippen LogP contribution in [-0.2, 0) is 22.7 Å². The second kappa shape index (κ2) is 8.89. The first-order valence-electron chi connectivity index (χ1n) is 10.6. The van der Waals surface area contributed by atoms with Crippen molar-refractivity contribution in [1.29, 1.82) is 0 Å². The summed E-state index contributed by atoms with van der Waals surface area (Å²) in [4.78, 5) is 31.6. The lowest BCUT2D eigenvalue weighted by Crippen LogP contribution is -2.48. The van der Waals surface area contributed by atoms with Crippen molar-refractivity contribution >= 4 is 23.3 Å². The maximum atomic E-state index is 13.2. The largest absolute Gasteiger partial charge is 0.483 e. The number of carbonyl (C=O) groups excluding carboxylic acids is 1. The molecule has 3 atom stereocenters. The number of aromatic nitrogens is 4. The predicted octanol–water partition coefficient (Wildman–Crippen LogP) is 2.44. The van der Waals surface area contributed by atoms with Crippen LogP contribution in [0.5, 0.6) is 0 Å². The highest BCUT2D eigenvalue weighted by Gasteiger charge is 2.58. The third kappa shape index (κ3) is 3.81. The van der Waals surface area contributed by atoms with Gasteiger partial charge in [0.05, 0.1) is 12.0 Å². The molecule has 31 heavy (non-hydrogen) atoms. The summed E-state index contributed by atoms with van der Waals surface area (Å²) in [5.41, 5.74) is 2.20. The molecule has 3 aromatic rings. The van der Waals surface area contributed by atoms with Gasteiger partial charge in [-0.25, -0.2) is 4.98 Å². The normalized spacial score (nSPS) is 24.7. The number of amides is 1. The molecule has 0 radical (unpaired) electrons. The van der Waals surface area contributed by atoms with Crippen molar-refractivity contribution in [1.82, 2.24) is 30.4 Å². The first kappa shape index (κ1) is 21.0. The summed E-state index contributed by atoms with van der Waals surface area (Å²) in [7, 11) is 0. The summed E-state index contributed by atoms with van der Waals surface area (Å²) in [6.07, 6.45) is 7.56. The predicted molar refractivity (Wildman–Crippen MR) is 115 cm³/mol. The molecule has 2 bridgehead atoms. The average molecular weight is 425 g/mol. The van der Waals surface area contributed by atoms with E-state index in [1.165, 1.54) is 29.2 Å². The number of nitrogens with one attached hydrogen (secondary N) is 3. The molecule has 9 nitrogen and oxygen atoms in total. The third-order valence-corrected chi connectivity index (χ3v) is 6.88. The first-order chi connectivity index (χ1) is 15.1. The van der Waals surface area contributed by atoms with Crippen LogP contribution in [0.3, 0.4) is 0 Å². The van der Waals surface area contributed by atoms with Gasteiger partial charge in [-0.3, -0.25) is 19.6 Å². The quantitative estimate of drug-likeness (QED) is 0.450. The van der Waals surface area contributed by atoms with Gasteiger partial charge in [0, 0.05) is 35.7 Å². The van der Waals surface area contributed by atoms with Crippen molar-refractivity contribution in [3.05, 3.63) is 48.2 Å². The van der Waals surface area contributed by atoms with Gasteiger partial charge in [-0.05, 0) is 43.4 Å². The van der Waals surface area contributed by atoms with Crippen molar-refractivity contribution in [2.24, 2.45) is 5.41 Å². The number of hydrogen-bond acceptors (Lipinski definition) is 5. The van der Waals surface area contributed by atoms with Crippen LogP contribution in [0.25, 0.3) is 10.9 Å². The molecule has 1 amide bonds. The highest BCUT2D eigenvalue weighted by molar-refractivity contribution is 5.84. The lowest BCUT2D eigenvalue weighted by Gasteiger charge is -2.35. The van der Waals surface area contributed by atoms with Gasteiger partial charge in [0.1, 0.15) is 12.2 Å². The molecule has 2 fully saturated rings. The Morgan fingerprint density at radius 3 is 2.97 bits per heavy atom. The number of H-pyrrole nitrogens is 2. The molecule has 164 valence electrons. The molecular weight excluding hydrogens is 396 g/mol. The summed E-state index contributed by atoms with van der Waals surface area (Å²) in [5, 5.41) is 17.9. The summed E-state index contributed by atoms with van der Waals surface area (Å²) >= 11 is 0. The maximum Gasteiger partial charge on any atom is 0.290 e. The van der Waals surface area contributed by atoms with Gasteiger partial charge in [0.2, 0.25) is 5.91 Å². The van der Waals surface area contributed by atoms with Crippen LogP contribution in [0, 0.1) is 5.41 Å². The first-order valence-corrected chi connectivity index (χ1v) is 10.6. The Hall–Kier alpha value is -3.20. The average Bonchev–Trinajstić information content (AvgIpc) is 3.57. The smallest absolute Gasteiger partial charge is 0.290 e. The van der Waals surface area contributed by atoms with E-state index in [0.29, 0.717) is 24.5 Å². The minimum absolute atomic E-state index is 0.156. The van der Waals surface area contributed by atoms with Crippen molar-refractivity contribution in [2.75, 3.05) is 0 Å². The van der Waals surface area contributed by atoms with Crippen molar-refractivity contribution in [3.8, 4) is 0 Å². The zero-order valence-electron chi connectivity index (χ0n) is 17.5. The molecule has 9 heteroatoms. The molecular formula is C22H28N6O3. The Balaban J connectivity index is 0.000000730. The van der Waals surface area contributed by atoms with E-state index < -0.39 is 0 Å². The van der Waals surface area contributed by atoms with E-state index in [2.05, 4.69) is 61.6 Å². The Bertz CT molecular complexity index is 1030. The number of benzene rings is 1. The summed E-state index contributed by atoms with van der Waals surface area (Å²) < 4.78 is 0. The maximum absolute atomic E-state index is 13.2. The molecule has 2 aromatic heterocycles. The summed E-state index contributed by atoms with van der Waals surface area (Å²) in [6, 6.07) is 9.38. The lowest BCUT2D eigenvalue weighted by molar-refractivity contribution is -0.133. The monoisotopic (exact) mass is 424 g/mol. The molecule has 4 heterocycles. The van der Waals surface area contributed by atoms with E-state index >= 15 is 0 Å². The van der Waals surface area contributed by atoms with Crippen LogP contribution in [0.15, 0.2) is 36.8 Å². The van der Waals surface area contributed by atoms with Crippen molar-refractivity contribution in [2.45, 2.75) is 57.8 Å². The van der Waals surface area contributed by atoms with E-state index in [9.17, 15) is 4.79 Å². The molecule has 4 N–H and O–H groups in total. The fourth-order valence-electron chi connectivity index (χ4n) is 5.47. The van der Waals surface area contributed by atoms with E-state index in [-0.39, 0.29) is 17.8 Å². The molecule has 0 unspecified atom stereocenters. The van der Waals surface area contributed by atoms with Crippen LogP contribution in [-0.4, -0.2) is 54.6 Å². The molecule has 2 aliphatic heterocycles. The second-order valence-electron chi connectivity index (χ2n) is 8.21. The Morgan fingerprint density at radius 1 is 1.39 bits per heavy atom. The van der Waals surface area contributed by atoms with Crippen molar-refractivity contribution < 1.29 is 14.7 Å². The number of hydrogen-bond donors (Lipinski definition) is 4. The number of nitrogens with zero attached hydrogens (tertiary/aromatic N) is 3. The standard InChI is InChI=1S/C21H26N6O.CH2O2/c1-2-21(20(28)23-11-19-24-13-25-26-19)10-15-6-7-18(21)27(15)12-14-4-3-5-17-16(14)8-9-22-17;2-1-3/h3-5,8-9,13,15,18,22H,2,6-7,10-12H2,1H3,(H,23,28)(H,24,25,26);1H,(H,2,3)/t15-,18+,21+;/m0./s1. The zero-order valence-corrected chi connectivity index (χ0v) is 17.5. The molecule has 1 aromatic carbocycles. The molecule has 2 saturated heterocycles. The Kier molecular flexibility index (Phi) is 6.03.